The highest BCUT2D eigenvalue weighted by molar-refractivity contribution is 6.01. The van der Waals surface area contributed by atoms with E-state index in [1.54, 1.807) is 17.7 Å². The number of anilines is 3. The number of pyridine rings is 2. The molecule has 0 bridgehead atoms. The van der Waals surface area contributed by atoms with E-state index in [4.69, 9.17) is 9.97 Å². The van der Waals surface area contributed by atoms with E-state index >= 15 is 0 Å². The number of piperidine rings is 3. The number of Topliss-reactive ketones (excluding diaryl/α,β-unsaturated/α-hetero) is 1. The molecular weight excluding hydrogens is 693 g/mol. The average molecular weight is 745 g/mol. The molecule has 3 aromatic heterocycles. The molecule has 8 rings (SSSR count). The number of carbonyl (C=O) groups excluding carboxylic acids is 3. The summed E-state index contributed by atoms with van der Waals surface area (Å²) in [5.41, 5.74) is 4.61. The van der Waals surface area contributed by atoms with Crippen molar-refractivity contribution in [2.75, 3.05) is 42.9 Å². The molecule has 4 fully saturated rings. The van der Waals surface area contributed by atoms with Crippen molar-refractivity contribution in [1.82, 2.24) is 29.7 Å². The van der Waals surface area contributed by atoms with Gasteiger partial charge < -0.3 is 15.1 Å². The molecule has 1 unspecified atom stereocenters. The van der Waals surface area contributed by atoms with E-state index in [1.165, 1.54) is 37.4 Å². The van der Waals surface area contributed by atoms with Crippen molar-refractivity contribution in [1.29, 1.82) is 0 Å². The van der Waals surface area contributed by atoms with Crippen LogP contribution in [-0.4, -0.2) is 74.7 Å². The number of ketones is 1. The molecule has 55 heavy (non-hydrogen) atoms. The number of benzene rings is 1. The minimum absolute atomic E-state index is 0.0313. The first-order chi connectivity index (χ1) is 26.7. The summed E-state index contributed by atoms with van der Waals surface area (Å²) in [6, 6.07) is 12.5. The molecule has 0 spiro atoms. The van der Waals surface area contributed by atoms with Crippen LogP contribution in [0.1, 0.15) is 122 Å². The van der Waals surface area contributed by atoms with E-state index in [-0.39, 0.29) is 40.7 Å². The second kappa shape index (κ2) is 16.0. The third-order valence-electron chi connectivity index (χ3n) is 12.7. The predicted octanol–water partition coefficient (Wildman–Crippen LogP) is 6.56. The lowest BCUT2D eigenvalue weighted by Gasteiger charge is -2.36. The molecule has 2 amide bonds. The van der Waals surface area contributed by atoms with Gasteiger partial charge in [0.25, 0.3) is 5.56 Å². The number of likely N-dealkylation sites (tertiary alicyclic amines) is 1. The van der Waals surface area contributed by atoms with E-state index in [0.717, 1.165) is 88.1 Å². The molecule has 12 heteroatoms. The number of hydrogen-bond donors (Lipinski definition) is 2. The standard InChI is InChI=1S/C43H52N8O4/c1-27-36-26-45-43(48-40(36)51(33-7-3-4-8-33)42(55)39(27)28(2)52)46-37-12-10-32(25-44-37)30-17-20-49(21-18-30)19-14-29-15-22-50(23-16-29)34-9-5-6-31(24-34)35-11-13-38(53)47-41(35)54/h5-6,9-10,12,24-26,29-30,33,35H,3-4,7-8,11,13-23H2,1-2H3,(H,47,53,54)(H,44,45,46,48). The van der Waals surface area contributed by atoms with Crippen molar-refractivity contribution in [3.05, 3.63) is 81.4 Å². The van der Waals surface area contributed by atoms with Crippen LogP contribution in [-0.2, 0) is 9.59 Å². The maximum absolute atomic E-state index is 13.6. The van der Waals surface area contributed by atoms with Crippen LogP contribution >= 0.6 is 0 Å². The summed E-state index contributed by atoms with van der Waals surface area (Å²) >= 11 is 0. The van der Waals surface area contributed by atoms with Crippen LogP contribution in [0.15, 0.2) is 53.6 Å². The molecule has 2 N–H and O–H groups in total. The van der Waals surface area contributed by atoms with Crippen molar-refractivity contribution >= 4 is 46.1 Å². The molecule has 1 atom stereocenters. The Morgan fingerprint density at radius 1 is 0.891 bits per heavy atom. The van der Waals surface area contributed by atoms with E-state index in [1.807, 2.05) is 24.4 Å². The van der Waals surface area contributed by atoms with Gasteiger partial charge in [-0.25, -0.2) is 9.97 Å². The Bertz CT molecular complexity index is 2130. The molecule has 4 aromatic rings. The number of carbonyl (C=O) groups is 3. The SMILES string of the molecule is CC(=O)c1c(C)c2cnc(Nc3ccc(C4CCN(CCC5CCN(c6cccc(C7CCC(=O)NC7=O)c6)CC5)CC4)cn3)nc2n(C2CCCC2)c1=O. The second-order valence-corrected chi connectivity index (χ2v) is 16.1. The van der Waals surface area contributed by atoms with Gasteiger partial charge in [-0.3, -0.25) is 29.1 Å². The lowest BCUT2D eigenvalue weighted by Crippen LogP contribution is -2.39. The van der Waals surface area contributed by atoms with Crippen LogP contribution < -0.4 is 21.1 Å². The quantitative estimate of drug-likeness (QED) is 0.135. The largest absolute Gasteiger partial charge is 0.372 e. The smallest absolute Gasteiger partial charge is 0.263 e. The number of rotatable bonds is 10. The van der Waals surface area contributed by atoms with Crippen molar-refractivity contribution in [3.63, 3.8) is 0 Å². The highest BCUT2D eigenvalue weighted by atomic mass is 16.2. The van der Waals surface area contributed by atoms with Crippen LogP contribution in [0.25, 0.3) is 11.0 Å². The van der Waals surface area contributed by atoms with Crippen LogP contribution in [0.4, 0.5) is 17.5 Å². The molecular formula is C43H52N8O4. The van der Waals surface area contributed by atoms with Crippen LogP contribution in [0.2, 0.25) is 0 Å². The summed E-state index contributed by atoms with van der Waals surface area (Å²) in [5.74, 6) is 1.41. The molecule has 1 saturated carbocycles. The molecule has 12 nitrogen and oxygen atoms in total. The Kier molecular flexibility index (Phi) is 10.8. The third-order valence-corrected chi connectivity index (χ3v) is 12.7. The zero-order valence-corrected chi connectivity index (χ0v) is 32.1. The Labute approximate surface area is 322 Å². The van der Waals surface area contributed by atoms with Gasteiger partial charge in [-0.1, -0.05) is 31.0 Å². The third kappa shape index (κ3) is 7.92. The molecule has 3 aliphatic heterocycles. The molecule has 0 radical (unpaired) electrons. The zero-order chi connectivity index (χ0) is 38.1. The number of nitrogens with one attached hydrogen (secondary N) is 2. The predicted molar refractivity (Wildman–Crippen MR) is 213 cm³/mol. The zero-order valence-electron chi connectivity index (χ0n) is 32.1. The van der Waals surface area contributed by atoms with Crippen LogP contribution in [0.3, 0.4) is 0 Å². The summed E-state index contributed by atoms with van der Waals surface area (Å²) in [5, 5.41) is 6.48. The molecule has 288 valence electrons. The summed E-state index contributed by atoms with van der Waals surface area (Å²) < 4.78 is 1.74. The lowest BCUT2D eigenvalue weighted by atomic mass is 9.89. The first-order valence-electron chi connectivity index (χ1n) is 20.3. The van der Waals surface area contributed by atoms with Gasteiger partial charge in [-0.2, -0.15) is 4.98 Å². The minimum Gasteiger partial charge on any atom is -0.372 e. The van der Waals surface area contributed by atoms with E-state index in [2.05, 4.69) is 43.6 Å². The summed E-state index contributed by atoms with van der Waals surface area (Å²) in [7, 11) is 0. The molecule has 6 heterocycles. The number of aromatic nitrogens is 4. The van der Waals surface area contributed by atoms with Crippen LogP contribution in [0, 0.1) is 12.8 Å². The maximum Gasteiger partial charge on any atom is 0.263 e. The molecule has 1 aromatic carbocycles. The first-order valence-corrected chi connectivity index (χ1v) is 20.3. The lowest BCUT2D eigenvalue weighted by molar-refractivity contribution is -0.134. The highest BCUT2D eigenvalue weighted by Crippen LogP contribution is 2.34. The number of hydrogen-bond acceptors (Lipinski definition) is 10. The van der Waals surface area contributed by atoms with Crippen molar-refractivity contribution < 1.29 is 14.4 Å². The number of nitrogens with zero attached hydrogens (tertiary/aromatic N) is 6. The minimum atomic E-state index is -0.253. The topological polar surface area (TPSA) is 142 Å². The normalized spacial score (nSPS) is 20.6. The van der Waals surface area contributed by atoms with Crippen molar-refractivity contribution in [3.8, 4) is 0 Å². The van der Waals surface area contributed by atoms with Gasteiger partial charge in [0.1, 0.15) is 11.5 Å². The fourth-order valence-electron chi connectivity index (χ4n) is 9.43. The summed E-state index contributed by atoms with van der Waals surface area (Å²) in [6.07, 6.45) is 14.4. The monoisotopic (exact) mass is 744 g/mol. The van der Waals surface area contributed by atoms with E-state index in [9.17, 15) is 19.2 Å². The fourth-order valence-corrected chi connectivity index (χ4v) is 9.43. The molecule has 4 aliphatic rings. The van der Waals surface area contributed by atoms with Gasteiger partial charge in [0.05, 0.1) is 11.5 Å². The van der Waals surface area contributed by atoms with Crippen molar-refractivity contribution in [2.45, 2.75) is 102 Å². The van der Waals surface area contributed by atoms with Crippen molar-refractivity contribution in [2.24, 2.45) is 5.92 Å². The molecule has 1 aliphatic carbocycles. The van der Waals surface area contributed by atoms with Crippen LogP contribution in [0.5, 0.6) is 0 Å². The number of aryl methyl sites for hydroxylation is 1. The number of amides is 2. The molecule has 3 saturated heterocycles. The Hall–Kier alpha value is -4.97. The Balaban J connectivity index is 0.818. The average Bonchev–Trinajstić information content (AvgIpc) is 3.72. The Morgan fingerprint density at radius 2 is 1.67 bits per heavy atom. The van der Waals surface area contributed by atoms with Gasteiger partial charge in [-0.05, 0) is 132 Å². The van der Waals surface area contributed by atoms with E-state index in [0.29, 0.717) is 41.7 Å². The van der Waals surface area contributed by atoms with Gasteiger partial charge in [0.2, 0.25) is 17.8 Å². The van der Waals surface area contributed by atoms with Gasteiger partial charge in [0, 0.05) is 49.0 Å². The van der Waals surface area contributed by atoms with Gasteiger partial charge in [-0.15, -0.1) is 0 Å². The van der Waals surface area contributed by atoms with E-state index < -0.39 is 0 Å². The van der Waals surface area contributed by atoms with Gasteiger partial charge >= 0.3 is 0 Å². The Morgan fingerprint density at radius 3 is 2.38 bits per heavy atom. The maximum atomic E-state index is 13.6. The highest BCUT2D eigenvalue weighted by Gasteiger charge is 2.30. The summed E-state index contributed by atoms with van der Waals surface area (Å²) in [6.45, 7) is 8.64. The summed E-state index contributed by atoms with van der Waals surface area (Å²) in [4.78, 5) is 69.2. The second-order valence-electron chi connectivity index (χ2n) is 16.1. The van der Waals surface area contributed by atoms with Gasteiger partial charge in [0.15, 0.2) is 5.78 Å². The fraction of sp³-hybridized carbons (Fsp3) is 0.512. The number of imide groups is 1. The number of fused-ring (bicyclic) bond motifs is 1. The first kappa shape index (κ1) is 37.0.